The fourth-order valence-electron chi connectivity index (χ4n) is 2.52. The Labute approximate surface area is 112 Å². The maximum Gasteiger partial charge on any atom is 0.335 e. The number of carbonyl (C=O) groups is 2. The number of rotatable bonds is 3. The van der Waals surface area contributed by atoms with Gasteiger partial charge in [-0.2, -0.15) is 0 Å². The Morgan fingerprint density at radius 1 is 1.47 bits per heavy atom. The van der Waals surface area contributed by atoms with Crippen LogP contribution in [0.5, 0.6) is 0 Å². The second-order valence-corrected chi connectivity index (χ2v) is 4.72. The van der Waals surface area contributed by atoms with Gasteiger partial charge < -0.3 is 9.84 Å². The zero-order valence-corrected chi connectivity index (χ0v) is 11.0. The number of carbonyl (C=O) groups excluding carboxylic acids is 2. The molecule has 1 aromatic rings. The summed E-state index contributed by atoms with van der Waals surface area (Å²) >= 11 is 0. The van der Waals surface area contributed by atoms with Crippen LogP contribution in [-0.2, 0) is 16.0 Å². The first-order valence-corrected chi connectivity index (χ1v) is 6.62. The Kier molecular flexibility index (Phi) is 4.32. The van der Waals surface area contributed by atoms with Crippen molar-refractivity contribution in [3.05, 3.63) is 35.4 Å². The van der Waals surface area contributed by atoms with Crippen molar-refractivity contribution in [2.75, 3.05) is 6.61 Å². The number of esters is 1. The average molecular weight is 262 g/mol. The molecule has 4 nitrogen and oxygen atoms in total. The summed E-state index contributed by atoms with van der Waals surface area (Å²) in [6.07, 6.45) is 0.726. The van der Waals surface area contributed by atoms with Crippen LogP contribution in [0, 0.1) is 5.92 Å². The molecular weight excluding hydrogens is 244 g/mol. The molecule has 0 radical (unpaired) electrons. The molecule has 19 heavy (non-hydrogen) atoms. The van der Waals surface area contributed by atoms with Gasteiger partial charge in [-0.15, -0.1) is 0 Å². The van der Waals surface area contributed by atoms with Crippen LogP contribution >= 0.6 is 0 Å². The highest BCUT2D eigenvalue weighted by atomic mass is 16.5. The van der Waals surface area contributed by atoms with Crippen molar-refractivity contribution in [3.8, 4) is 0 Å². The number of hydrogen-bond acceptors (Lipinski definition) is 4. The zero-order valence-electron chi connectivity index (χ0n) is 11.0. The Bertz CT molecular complexity index is 481. The van der Waals surface area contributed by atoms with Gasteiger partial charge >= 0.3 is 5.97 Å². The van der Waals surface area contributed by atoms with Crippen LogP contribution in [0.3, 0.4) is 0 Å². The molecule has 0 fully saturated rings. The normalized spacial score (nSPS) is 20.3. The first kappa shape index (κ1) is 13.7. The van der Waals surface area contributed by atoms with E-state index in [0.717, 1.165) is 18.4 Å². The zero-order chi connectivity index (χ0) is 13.8. The fraction of sp³-hybridized carbons (Fsp3) is 0.467. The van der Waals surface area contributed by atoms with Crippen LogP contribution in [-0.4, -0.2) is 29.6 Å². The predicted molar refractivity (Wildman–Crippen MR) is 69.8 cm³/mol. The third-order valence-corrected chi connectivity index (χ3v) is 3.49. The number of aliphatic hydroxyl groups is 1. The molecule has 0 aromatic heterocycles. The number of fused-ring (bicyclic) bond motifs is 1. The smallest absolute Gasteiger partial charge is 0.335 e. The van der Waals surface area contributed by atoms with Crippen molar-refractivity contribution in [2.24, 2.45) is 5.92 Å². The molecule has 1 N–H and O–H groups in total. The van der Waals surface area contributed by atoms with Crippen LogP contribution in [0.4, 0.5) is 0 Å². The summed E-state index contributed by atoms with van der Waals surface area (Å²) in [6.45, 7) is 1.88. The maximum absolute atomic E-state index is 12.4. The van der Waals surface area contributed by atoms with E-state index in [4.69, 9.17) is 4.74 Å². The van der Waals surface area contributed by atoms with E-state index in [1.165, 1.54) is 0 Å². The van der Waals surface area contributed by atoms with Gasteiger partial charge in [0, 0.05) is 5.56 Å². The number of ether oxygens (including phenoxy) is 1. The van der Waals surface area contributed by atoms with Gasteiger partial charge in [-0.25, -0.2) is 4.79 Å². The van der Waals surface area contributed by atoms with E-state index in [1.807, 2.05) is 12.1 Å². The van der Waals surface area contributed by atoms with E-state index < -0.39 is 18.0 Å². The van der Waals surface area contributed by atoms with Crippen molar-refractivity contribution >= 4 is 11.8 Å². The van der Waals surface area contributed by atoms with E-state index in [0.29, 0.717) is 12.0 Å². The molecule has 102 valence electrons. The molecular formula is C15H18O4. The molecule has 1 aromatic carbocycles. The van der Waals surface area contributed by atoms with Crippen LogP contribution in [0.15, 0.2) is 24.3 Å². The quantitative estimate of drug-likeness (QED) is 0.665. The minimum Gasteiger partial charge on any atom is -0.464 e. The minimum atomic E-state index is -1.36. The molecule has 0 saturated heterocycles. The second-order valence-electron chi connectivity index (χ2n) is 4.72. The largest absolute Gasteiger partial charge is 0.464 e. The third kappa shape index (κ3) is 2.84. The van der Waals surface area contributed by atoms with Crippen LogP contribution < -0.4 is 0 Å². The van der Waals surface area contributed by atoms with Crippen LogP contribution in [0.2, 0.25) is 0 Å². The molecule has 0 amide bonds. The molecule has 0 aliphatic heterocycles. The minimum absolute atomic E-state index is 0.159. The standard InChI is InChI=1S/C15H18O4/c1-2-19-15(18)14(17)12-9-5-7-10-6-3-4-8-11(10)13(12)16/h3-4,6,8,12,14,17H,2,5,7,9H2,1H3. The number of benzene rings is 1. The molecule has 2 rings (SSSR count). The summed E-state index contributed by atoms with van der Waals surface area (Å²) < 4.78 is 4.79. The van der Waals surface area contributed by atoms with E-state index in [1.54, 1.807) is 19.1 Å². The van der Waals surface area contributed by atoms with Gasteiger partial charge in [-0.1, -0.05) is 24.3 Å². The fourth-order valence-corrected chi connectivity index (χ4v) is 2.52. The lowest BCUT2D eigenvalue weighted by Gasteiger charge is -2.18. The Balaban J connectivity index is 2.24. The lowest BCUT2D eigenvalue weighted by atomic mass is 9.90. The second kappa shape index (κ2) is 5.97. The van der Waals surface area contributed by atoms with Crippen molar-refractivity contribution in [2.45, 2.75) is 32.3 Å². The molecule has 0 heterocycles. The maximum atomic E-state index is 12.4. The number of hydrogen-bond donors (Lipinski definition) is 1. The highest BCUT2D eigenvalue weighted by molar-refractivity contribution is 6.02. The Hall–Kier alpha value is -1.68. The highest BCUT2D eigenvalue weighted by Crippen LogP contribution is 2.27. The lowest BCUT2D eigenvalue weighted by Crippen LogP contribution is -2.36. The molecule has 0 bridgehead atoms. The molecule has 2 unspecified atom stereocenters. The Morgan fingerprint density at radius 3 is 2.95 bits per heavy atom. The van der Waals surface area contributed by atoms with Crippen molar-refractivity contribution in [1.82, 2.24) is 0 Å². The average Bonchev–Trinajstić information content (AvgIpc) is 2.58. The first-order valence-electron chi connectivity index (χ1n) is 6.62. The Morgan fingerprint density at radius 2 is 2.21 bits per heavy atom. The summed E-state index contributed by atoms with van der Waals surface area (Å²) in [4.78, 5) is 24.0. The third-order valence-electron chi connectivity index (χ3n) is 3.49. The van der Waals surface area contributed by atoms with E-state index >= 15 is 0 Å². The van der Waals surface area contributed by atoms with Crippen molar-refractivity contribution < 1.29 is 19.4 Å². The van der Waals surface area contributed by atoms with Gasteiger partial charge in [0.1, 0.15) is 0 Å². The van der Waals surface area contributed by atoms with Gasteiger partial charge in [0.05, 0.1) is 12.5 Å². The summed E-state index contributed by atoms with van der Waals surface area (Å²) in [7, 11) is 0. The number of aliphatic hydroxyl groups excluding tert-OH is 1. The predicted octanol–water partition coefficient (Wildman–Crippen LogP) is 1.75. The van der Waals surface area contributed by atoms with Gasteiger partial charge in [0.25, 0.3) is 0 Å². The summed E-state index contributed by atoms with van der Waals surface area (Å²) in [5.41, 5.74) is 1.61. The summed E-state index contributed by atoms with van der Waals surface area (Å²) in [5.74, 6) is -1.56. The summed E-state index contributed by atoms with van der Waals surface area (Å²) in [5, 5.41) is 10.00. The van der Waals surface area contributed by atoms with Crippen LogP contribution in [0.1, 0.15) is 35.7 Å². The van der Waals surface area contributed by atoms with Crippen LogP contribution in [0.25, 0.3) is 0 Å². The first-order chi connectivity index (χ1) is 9.15. The monoisotopic (exact) mass is 262 g/mol. The highest BCUT2D eigenvalue weighted by Gasteiger charge is 2.35. The molecule has 4 heteroatoms. The van der Waals surface area contributed by atoms with E-state index in [2.05, 4.69) is 0 Å². The number of Topliss-reactive ketones (excluding diaryl/α,β-unsaturated/α-hetero) is 1. The van der Waals surface area contributed by atoms with Gasteiger partial charge in [0.2, 0.25) is 0 Å². The number of aryl methyl sites for hydroxylation is 1. The van der Waals surface area contributed by atoms with Crippen molar-refractivity contribution in [1.29, 1.82) is 0 Å². The van der Waals surface area contributed by atoms with E-state index in [9.17, 15) is 14.7 Å². The molecule has 0 spiro atoms. The summed E-state index contributed by atoms with van der Waals surface area (Å²) in [6, 6.07) is 7.38. The SMILES string of the molecule is CCOC(=O)C(O)C1CCCc2ccccc2C1=O. The lowest BCUT2D eigenvalue weighted by molar-refractivity contribution is -0.155. The van der Waals surface area contributed by atoms with Gasteiger partial charge in [-0.05, 0) is 31.7 Å². The topological polar surface area (TPSA) is 63.6 Å². The van der Waals surface area contributed by atoms with Gasteiger partial charge in [-0.3, -0.25) is 4.79 Å². The van der Waals surface area contributed by atoms with E-state index in [-0.39, 0.29) is 12.4 Å². The molecule has 0 saturated carbocycles. The van der Waals surface area contributed by atoms with Crippen molar-refractivity contribution in [3.63, 3.8) is 0 Å². The number of ketones is 1. The molecule has 2 atom stereocenters. The molecule has 1 aliphatic rings. The molecule has 1 aliphatic carbocycles. The van der Waals surface area contributed by atoms with Gasteiger partial charge in [0.15, 0.2) is 11.9 Å².